The van der Waals surface area contributed by atoms with Gasteiger partial charge in [-0.3, -0.25) is 4.31 Å². The first kappa shape index (κ1) is 18.6. The molecule has 0 radical (unpaired) electrons. The Balaban J connectivity index is 1.69. The van der Waals surface area contributed by atoms with Crippen LogP contribution >= 0.6 is 0 Å². The number of hydrogen-bond donors (Lipinski definition) is 0. The van der Waals surface area contributed by atoms with Crippen molar-refractivity contribution in [1.82, 2.24) is 20.2 Å². The quantitative estimate of drug-likeness (QED) is 0.487. The van der Waals surface area contributed by atoms with E-state index in [0.29, 0.717) is 22.9 Å². The van der Waals surface area contributed by atoms with Crippen LogP contribution in [-0.2, 0) is 10.0 Å². The molecule has 0 atom stereocenters. The van der Waals surface area contributed by atoms with Crippen LogP contribution in [0, 0.1) is 0 Å². The molecule has 3 aromatic carbocycles. The maximum absolute atomic E-state index is 13.3. The number of para-hydroxylation sites is 3. The van der Waals surface area contributed by atoms with Gasteiger partial charge in [-0.05, 0) is 52.9 Å². The van der Waals surface area contributed by atoms with Crippen molar-refractivity contribution in [2.75, 3.05) is 11.4 Å². The van der Waals surface area contributed by atoms with E-state index in [-0.39, 0.29) is 4.90 Å². The van der Waals surface area contributed by atoms with Crippen LogP contribution in [0.15, 0.2) is 90.1 Å². The van der Waals surface area contributed by atoms with E-state index in [1.54, 1.807) is 48.5 Å². The highest BCUT2D eigenvalue weighted by Crippen LogP contribution is 2.34. The molecule has 4 rings (SSSR count). The van der Waals surface area contributed by atoms with Crippen LogP contribution in [-0.4, -0.2) is 35.7 Å². The van der Waals surface area contributed by atoms with Crippen LogP contribution in [0.5, 0.6) is 11.5 Å². The molecule has 4 aromatic rings. The number of aromatic nitrogens is 4. The van der Waals surface area contributed by atoms with E-state index in [4.69, 9.17) is 4.74 Å². The third-order valence-corrected chi connectivity index (χ3v) is 6.03. The van der Waals surface area contributed by atoms with E-state index in [9.17, 15) is 8.42 Å². The average Bonchev–Trinajstić information content (AvgIpc) is 3.29. The summed E-state index contributed by atoms with van der Waals surface area (Å²) >= 11 is 0. The Bertz CT molecular complexity index is 1210. The first-order chi connectivity index (χ1) is 14.1. The van der Waals surface area contributed by atoms with Gasteiger partial charge in [0.15, 0.2) is 5.75 Å². The third-order valence-electron chi connectivity index (χ3n) is 4.27. The van der Waals surface area contributed by atoms with Crippen molar-refractivity contribution in [2.24, 2.45) is 0 Å². The molecule has 0 aliphatic rings. The molecule has 0 saturated heterocycles. The minimum absolute atomic E-state index is 0.113. The molecule has 1 aromatic heterocycles. The lowest BCUT2D eigenvalue weighted by atomic mass is 10.3. The second kappa shape index (κ2) is 7.72. The smallest absolute Gasteiger partial charge is 0.264 e. The predicted molar refractivity (Wildman–Crippen MR) is 108 cm³/mol. The molecule has 0 amide bonds. The van der Waals surface area contributed by atoms with Gasteiger partial charge in [-0.2, -0.15) is 0 Å². The zero-order chi connectivity index (χ0) is 20.3. The fraction of sp³-hybridized carbons (Fsp3) is 0.0500. The minimum Gasteiger partial charge on any atom is -0.455 e. The third kappa shape index (κ3) is 3.81. The van der Waals surface area contributed by atoms with Gasteiger partial charge in [-0.1, -0.05) is 36.4 Å². The Morgan fingerprint density at radius 2 is 1.69 bits per heavy atom. The zero-order valence-corrected chi connectivity index (χ0v) is 16.3. The van der Waals surface area contributed by atoms with Crippen molar-refractivity contribution in [2.45, 2.75) is 4.90 Å². The summed E-state index contributed by atoms with van der Waals surface area (Å²) in [6.45, 7) is 0. The van der Waals surface area contributed by atoms with Gasteiger partial charge >= 0.3 is 0 Å². The van der Waals surface area contributed by atoms with Gasteiger partial charge in [-0.25, -0.2) is 13.1 Å². The molecule has 146 valence electrons. The summed E-state index contributed by atoms with van der Waals surface area (Å²) in [6.07, 6.45) is 1.40. The topological polar surface area (TPSA) is 90.2 Å². The average molecular weight is 407 g/mol. The van der Waals surface area contributed by atoms with E-state index in [2.05, 4.69) is 15.5 Å². The first-order valence-electron chi connectivity index (χ1n) is 8.70. The number of nitrogens with zero attached hydrogens (tertiary/aromatic N) is 5. The number of rotatable bonds is 6. The Morgan fingerprint density at radius 3 is 2.45 bits per heavy atom. The van der Waals surface area contributed by atoms with Crippen LogP contribution in [0.3, 0.4) is 0 Å². The molecule has 1 heterocycles. The Kier molecular flexibility index (Phi) is 4.96. The van der Waals surface area contributed by atoms with Gasteiger partial charge in [0, 0.05) is 7.05 Å². The lowest BCUT2D eigenvalue weighted by Crippen LogP contribution is -2.27. The summed E-state index contributed by atoms with van der Waals surface area (Å²) in [7, 11) is -2.36. The molecule has 0 bridgehead atoms. The molecule has 9 heteroatoms. The highest BCUT2D eigenvalue weighted by Gasteiger charge is 2.24. The molecule has 0 aliphatic carbocycles. The van der Waals surface area contributed by atoms with Crippen LogP contribution in [0.25, 0.3) is 5.69 Å². The van der Waals surface area contributed by atoms with E-state index >= 15 is 0 Å². The molecule has 29 heavy (non-hydrogen) atoms. The zero-order valence-electron chi connectivity index (χ0n) is 15.5. The number of sulfonamides is 1. The van der Waals surface area contributed by atoms with Gasteiger partial charge in [0.25, 0.3) is 10.0 Å². The van der Waals surface area contributed by atoms with Gasteiger partial charge in [0.05, 0.1) is 16.3 Å². The summed E-state index contributed by atoms with van der Waals surface area (Å²) < 4.78 is 35.0. The maximum atomic E-state index is 13.3. The second-order valence-corrected chi connectivity index (χ2v) is 8.08. The Hall–Kier alpha value is -3.72. The number of anilines is 1. The summed E-state index contributed by atoms with van der Waals surface area (Å²) in [5, 5.41) is 11.0. The summed E-state index contributed by atoms with van der Waals surface area (Å²) in [5.74, 6) is 1.05. The molecule has 0 unspecified atom stereocenters. The summed E-state index contributed by atoms with van der Waals surface area (Å²) in [5.41, 5.74) is 0.961. The van der Waals surface area contributed by atoms with Crippen molar-refractivity contribution in [1.29, 1.82) is 0 Å². The largest absolute Gasteiger partial charge is 0.455 e. The normalized spacial score (nSPS) is 11.2. The van der Waals surface area contributed by atoms with Crippen LogP contribution < -0.4 is 9.04 Å². The number of ether oxygens (including phenoxy) is 1. The monoisotopic (exact) mass is 407 g/mol. The number of hydrogen-bond acceptors (Lipinski definition) is 6. The molecule has 0 fully saturated rings. The minimum atomic E-state index is -3.85. The fourth-order valence-electron chi connectivity index (χ4n) is 2.77. The predicted octanol–water partition coefficient (Wildman–Crippen LogP) is 3.28. The SMILES string of the molecule is CN(c1ccccc1Oc1ccccc1)S(=O)(=O)c1cccc(-n2cnnn2)c1. The number of benzene rings is 3. The summed E-state index contributed by atoms with van der Waals surface area (Å²) in [4.78, 5) is 0.113. The van der Waals surface area contributed by atoms with Crippen LogP contribution in [0.4, 0.5) is 5.69 Å². The Labute approximate surface area is 168 Å². The first-order valence-corrected chi connectivity index (χ1v) is 10.1. The fourth-order valence-corrected chi connectivity index (χ4v) is 4.02. The second-order valence-electron chi connectivity index (χ2n) is 6.11. The van der Waals surface area contributed by atoms with Gasteiger partial charge in [-0.15, -0.1) is 5.10 Å². The highest BCUT2D eigenvalue weighted by atomic mass is 32.2. The van der Waals surface area contributed by atoms with Crippen molar-refractivity contribution < 1.29 is 13.2 Å². The van der Waals surface area contributed by atoms with E-state index in [0.717, 1.165) is 0 Å². The van der Waals surface area contributed by atoms with Crippen molar-refractivity contribution in [3.63, 3.8) is 0 Å². The number of tetrazole rings is 1. The highest BCUT2D eigenvalue weighted by molar-refractivity contribution is 7.92. The summed E-state index contributed by atoms with van der Waals surface area (Å²) in [6, 6.07) is 22.6. The molecule has 8 nitrogen and oxygen atoms in total. The van der Waals surface area contributed by atoms with Crippen LogP contribution in [0.1, 0.15) is 0 Å². The van der Waals surface area contributed by atoms with E-state index in [1.165, 1.54) is 34.5 Å². The van der Waals surface area contributed by atoms with Gasteiger partial charge in [0.1, 0.15) is 12.1 Å². The maximum Gasteiger partial charge on any atom is 0.264 e. The molecule has 0 saturated carbocycles. The lowest BCUT2D eigenvalue weighted by Gasteiger charge is -2.22. The van der Waals surface area contributed by atoms with Crippen molar-refractivity contribution >= 4 is 15.7 Å². The van der Waals surface area contributed by atoms with Crippen molar-refractivity contribution in [3.05, 3.63) is 85.2 Å². The van der Waals surface area contributed by atoms with Gasteiger partial charge < -0.3 is 4.74 Å². The van der Waals surface area contributed by atoms with Crippen LogP contribution in [0.2, 0.25) is 0 Å². The lowest BCUT2D eigenvalue weighted by molar-refractivity contribution is 0.483. The standard InChI is InChI=1S/C20H17N5O3S/c1-24(19-12-5-6-13-20(19)28-17-9-3-2-4-10-17)29(26,27)18-11-7-8-16(14-18)25-15-21-22-23-25/h2-15H,1H3. The molecular weight excluding hydrogens is 390 g/mol. The molecule has 0 spiro atoms. The van der Waals surface area contributed by atoms with Gasteiger partial charge in [0.2, 0.25) is 0 Å². The Morgan fingerprint density at radius 1 is 0.931 bits per heavy atom. The van der Waals surface area contributed by atoms with E-state index in [1.807, 2.05) is 18.2 Å². The molecule has 0 aliphatic heterocycles. The van der Waals surface area contributed by atoms with Crippen molar-refractivity contribution in [3.8, 4) is 17.2 Å². The molecule has 0 N–H and O–H groups in total. The molecular formula is C20H17N5O3S. The van der Waals surface area contributed by atoms with E-state index < -0.39 is 10.0 Å².